The van der Waals surface area contributed by atoms with Gasteiger partial charge in [0.2, 0.25) is 0 Å². The van der Waals surface area contributed by atoms with E-state index in [1.54, 1.807) is 19.3 Å². The van der Waals surface area contributed by atoms with Crippen molar-refractivity contribution in [3.8, 4) is 0 Å². The lowest BCUT2D eigenvalue weighted by Gasteiger charge is -2.32. The minimum absolute atomic E-state index is 0.00158. The number of ether oxygens (including phenoxy) is 1. The molecule has 1 saturated heterocycles. The van der Waals surface area contributed by atoms with Crippen LogP contribution in [0.1, 0.15) is 40.4 Å². The molecule has 1 fully saturated rings. The summed E-state index contributed by atoms with van der Waals surface area (Å²) in [6.45, 7) is 3.34. The van der Waals surface area contributed by atoms with Crippen LogP contribution >= 0.6 is 0 Å². The summed E-state index contributed by atoms with van der Waals surface area (Å²) in [4.78, 5) is 24.0. The first-order valence-corrected chi connectivity index (χ1v) is 8.67. The minimum Gasteiger partial charge on any atom is -0.373 e. The number of aromatic nitrogens is 1. The van der Waals surface area contributed by atoms with Gasteiger partial charge in [-0.25, -0.2) is 0 Å². The molecule has 25 heavy (non-hydrogen) atoms. The number of aryl methyl sites for hydroxylation is 2. The van der Waals surface area contributed by atoms with Crippen LogP contribution in [0.3, 0.4) is 0 Å². The predicted molar refractivity (Wildman–Crippen MR) is 96.6 cm³/mol. The topological polar surface area (TPSA) is 60.3 Å². The Bertz CT molecular complexity index is 795. The van der Waals surface area contributed by atoms with Crippen LogP contribution in [-0.2, 0) is 11.8 Å². The van der Waals surface area contributed by atoms with Crippen LogP contribution in [-0.4, -0.2) is 23.6 Å². The molecule has 1 amide bonds. The number of hydrogen-bond donors (Lipinski definition) is 1. The highest BCUT2D eigenvalue weighted by molar-refractivity contribution is 5.93. The van der Waals surface area contributed by atoms with Crippen molar-refractivity contribution in [3.63, 3.8) is 0 Å². The van der Waals surface area contributed by atoms with E-state index in [0.29, 0.717) is 12.1 Å². The van der Waals surface area contributed by atoms with E-state index in [2.05, 4.69) is 36.5 Å². The van der Waals surface area contributed by atoms with Crippen LogP contribution < -0.4 is 10.9 Å². The highest BCUT2D eigenvalue weighted by Crippen LogP contribution is 2.33. The van der Waals surface area contributed by atoms with Gasteiger partial charge in [0, 0.05) is 43.9 Å². The molecule has 0 aliphatic carbocycles. The number of carbonyl (C=O) groups excluding carboxylic acids is 1. The lowest BCUT2D eigenvalue weighted by atomic mass is 9.89. The Labute approximate surface area is 147 Å². The number of benzene rings is 1. The van der Waals surface area contributed by atoms with Crippen LogP contribution in [0, 0.1) is 12.8 Å². The van der Waals surface area contributed by atoms with E-state index < -0.39 is 0 Å². The maximum atomic E-state index is 12.3. The number of carbonyl (C=O) groups is 1. The third-order valence-corrected chi connectivity index (χ3v) is 4.74. The first-order chi connectivity index (χ1) is 12.0. The van der Waals surface area contributed by atoms with Gasteiger partial charge in [0.25, 0.3) is 11.5 Å². The van der Waals surface area contributed by atoms with Gasteiger partial charge in [-0.1, -0.05) is 29.8 Å². The average molecular weight is 340 g/mol. The second kappa shape index (κ2) is 7.66. The summed E-state index contributed by atoms with van der Waals surface area (Å²) in [6, 6.07) is 11.4. The zero-order valence-electron chi connectivity index (χ0n) is 14.7. The van der Waals surface area contributed by atoms with E-state index in [4.69, 9.17) is 4.74 Å². The summed E-state index contributed by atoms with van der Waals surface area (Å²) in [5.74, 6) is 0.0119. The molecular weight excluding hydrogens is 316 g/mol. The van der Waals surface area contributed by atoms with Crippen molar-refractivity contribution in [3.05, 3.63) is 69.6 Å². The van der Waals surface area contributed by atoms with Gasteiger partial charge in [-0.15, -0.1) is 0 Å². The van der Waals surface area contributed by atoms with Crippen LogP contribution in [0.25, 0.3) is 0 Å². The molecule has 132 valence electrons. The van der Waals surface area contributed by atoms with E-state index in [1.165, 1.54) is 16.2 Å². The molecule has 1 aromatic carbocycles. The van der Waals surface area contributed by atoms with Crippen molar-refractivity contribution in [1.82, 2.24) is 9.88 Å². The number of nitrogens with zero attached hydrogens (tertiary/aromatic N) is 1. The average Bonchev–Trinajstić information content (AvgIpc) is 2.63. The van der Waals surface area contributed by atoms with Gasteiger partial charge in [-0.2, -0.15) is 0 Å². The Hall–Kier alpha value is -2.40. The highest BCUT2D eigenvalue weighted by Gasteiger charge is 2.27. The monoisotopic (exact) mass is 340 g/mol. The predicted octanol–water partition coefficient (Wildman–Crippen LogP) is 2.59. The first-order valence-electron chi connectivity index (χ1n) is 8.67. The largest absolute Gasteiger partial charge is 0.373 e. The molecule has 0 unspecified atom stereocenters. The molecule has 2 heterocycles. The molecular formula is C20H24N2O3. The maximum absolute atomic E-state index is 12.3. The van der Waals surface area contributed by atoms with Gasteiger partial charge in [-0.3, -0.25) is 9.59 Å². The number of rotatable bonds is 4. The molecule has 1 aliphatic rings. The van der Waals surface area contributed by atoms with E-state index >= 15 is 0 Å². The zero-order valence-corrected chi connectivity index (χ0v) is 14.7. The van der Waals surface area contributed by atoms with Crippen LogP contribution in [0.4, 0.5) is 0 Å². The quantitative estimate of drug-likeness (QED) is 0.931. The fraction of sp³-hybridized carbons (Fsp3) is 0.400. The highest BCUT2D eigenvalue weighted by atomic mass is 16.5. The third kappa shape index (κ3) is 4.17. The van der Waals surface area contributed by atoms with Crippen molar-refractivity contribution in [1.29, 1.82) is 0 Å². The van der Waals surface area contributed by atoms with Crippen molar-refractivity contribution in [2.24, 2.45) is 13.0 Å². The molecule has 0 spiro atoms. The number of nitrogens with one attached hydrogen (secondary N) is 1. The smallest absolute Gasteiger partial charge is 0.251 e. The Balaban J connectivity index is 1.67. The van der Waals surface area contributed by atoms with E-state index in [0.717, 1.165) is 25.0 Å². The molecule has 1 N–H and O–H groups in total. The molecule has 0 bridgehead atoms. The number of pyridine rings is 1. The SMILES string of the molecule is Cc1ccc([C@@H]2OCCC[C@H]2CNC(=O)c2ccn(C)c(=O)c2)cc1. The maximum Gasteiger partial charge on any atom is 0.251 e. The molecule has 2 aromatic rings. The normalized spacial score (nSPS) is 20.2. The van der Waals surface area contributed by atoms with E-state index in [9.17, 15) is 9.59 Å². The summed E-state index contributed by atoms with van der Waals surface area (Å²) in [6.07, 6.45) is 3.61. The summed E-state index contributed by atoms with van der Waals surface area (Å²) in [5, 5.41) is 2.96. The summed E-state index contributed by atoms with van der Waals surface area (Å²) < 4.78 is 7.43. The summed E-state index contributed by atoms with van der Waals surface area (Å²) in [5.41, 5.74) is 2.58. The molecule has 1 aliphatic heterocycles. The number of amides is 1. The minimum atomic E-state index is -0.217. The van der Waals surface area contributed by atoms with E-state index in [1.807, 2.05) is 0 Å². The van der Waals surface area contributed by atoms with Crippen molar-refractivity contribution >= 4 is 5.91 Å². The molecule has 0 saturated carbocycles. The molecule has 3 rings (SSSR count). The van der Waals surface area contributed by atoms with Crippen LogP contribution in [0.2, 0.25) is 0 Å². The summed E-state index contributed by atoms with van der Waals surface area (Å²) >= 11 is 0. The molecule has 5 heteroatoms. The lowest BCUT2D eigenvalue weighted by Crippen LogP contribution is -2.35. The first kappa shape index (κ1) is 17.4. The lowest BCUT2D eigenvalue weighted by molar-refractivity contribution is -0.0272. The van der Waals surface area contributed by atoms with E-state index in [-0.39, 0.29) is 23.5 Å². The van der Waals surface area contributed by atoms with Gasteiger partial charge in [0.1, 0.15) is 0 Å². The third-order valence-electron chi connectivity index (χ3n) is 4.74. The Morgan fingerprint density at radius 3 is 2.76 bits per heavy atom. The van der Waals surface area contributed by atoms with Gasteiger partial charge in [0.15, 0.2) is 0 Å². The van der Waals surface area contributed by atoms with Crippen molar-refractivity contribution in [2.75, 3.05) is 13.2 Å². The molecule has 2 atom stereocenters. The Kier molecular flexibility index (Phi) is 5.34. The fourth-order valence-corrected chi connectivity index (χ4v) is 3.19. The van der Waals surface area contributed by atoms with Gasteiger partial charge < -0.3 is 14.6 Å². The van der Waals surface area contributed by atoms with Crippen molar-refractivity contribution in [2.45, 2.75) is 25.9 Å². The molecule has 0 radical (unpaired) electrons. The standard InChI is InChI=1S/C20H24N2O3/c1-14-5-7-15(8-6-14)19-17(4-3-11-25-19)13-21-20(24)16-9-10-22(2)18(23)12-16/h5-10,12,17,19H,3-4,11,13H2,1-2H3,(H,21,24)/t17-,19-/m0/s1. The van der Waals surface area contributed by atoms with Crippen LogP contribution in [0.5, 0.6) is 0 Å². The fourth-order valence-electron chi connectivity index (χ4n) is 3.19. The number of hydrogen-bond acceptors (Lipinski definition) is 3. The van der Waals surface area contributed by atoms with Crippen LogP contribution in [0.15, 0.2) is 47.4 Å². The van der Waals surface area contributed by atoms with Gasteiger partial charge >= 0.3 is 0 Å². The second-order valence-electron chi connectivity index (χ2n) is 6.68. The van der Waals surface area contributed by atoms with Crippen molar-refractivity contribution < 1.29 is 9.53 Å². The Morgan fingerprint density at radius 1 is 1.28 bits per heavy atom. The van der Waals surface area contributed by atoms with Gasteiger partial charge in [-0.05, 0) is 31.4 Å². The Morgan fingerprint density at radius 2 is 2.04 bits per heavy atom. The summed E-state index contributed by atoms with van der Waals surface area (Å²) in [7, 11) is 1.66. The molecule has 5 nitrogen and oxygen atoms in total. The second-order valence-corrected chi connectivity index (χ2v) is 6.68. The molecule has 1 aromatic heterocycles. The van der Waals surface area contributed by atoms with Gasteiger partial charge in [0.05, 0.1) is 6.10 Å². The zero-order chi connectivity index (χ0) is 17.8.